The maximum Gasteiger partial charge on any atom is 0.0725 e. The monoisotopic (exact) mass is 961 g/mol. The number of hydrogen-bond donors (Lipinski definition) is 0. The zero-order valence-corrected chi connectivity index (χ0v) is 48.9. The summed E-state index contributed by atoms with van der Waals surface area (Å²) in [4.78, 5) is 0. The predicted octanol–water partition coefficient (Wildman–Crippen LogP) is 23.1. The molecule has 0 fully saturated rings. The van der Waals surface area contributed by atoms with Gasteiger partial charge in [-0.1, -0.05) is 345 Å². The summed E-state index contributed by atoms with van der Waals surface area (Å²) in [6.07, 6.45) is 2.50. The van der Waals surface area contributed by atoms with Gasteiger partial charge in [0, 0.05) is 0 Å². The summed E-state index contributed by atoms with van der Waals surface area (Å²) in [7, 11) is 0. The van der Waals surface area contributed by atoms with E-state index in [1.807, 2.05) is 111 Å². The van der Waals surface area contributed by atoms with Crippen molar-refractivity contribution in [3.63, 3.8) is 0 Å². The van der Waals surface area contributed by atoms with Crippen molar-refractivity contribution in [2.24, 2.45) is 0 Å². The van der Waals surface area contributed by atoms with Crippen molar-refractivity contribution in [1.29, 1.82) is 0 Å². The zero-order chi connectivity index (χ0) is 54.3. The van der Waals surface area contributed by atoms with Gasteiger partial charge < -0.3 is 0 Å². The molecule has 8 aromatic carbocycles. The molecule has 4 aliphatic rings. The van der Waals surface area contributed by atoms with Gasteiger partial charge in [-0.2, -0.15) is 0 Å². The van der Waals surface area contributed by atoms with E-state index in [1.165, 1.54) is 102 Å². The smallest absolute Gasteiger partial charge is 0.0683 e. The Morgan fingerprint density at radius 1 is 0.181 bits per heavy atom. The summed E-state index contributed by atoms with van der Waals surface area (Å²) in [5.41, 5.74) is 21.8. The summed E-state index contributed by atoms with van der Waals surface area (Å²) in [6, 6.07) is 71.3. The van der Waals surface area contributed by atoms with E-state index in [0.717, 1.165) is 0 Å². The van der Waals surface area contributed by atoms with Crippen LogP contribution in [0.3, 0.4) is 0 Å². The molecule has 8 aromatic rings. The molecule has 12 rings (SSSR count). The molecule has 0 N–H and O–H groups in total. The van der Waals surface area contributed by atoms with Crippen LogP contribution in [0.15, 0.2) is 194 Å². The van der Waals surface area contributed by atoms with Gasteiger partial charge in [0.1, 0.15) is 0 Å². The highest BCUT2D eigenvalue weighted by molar-refractivity contribution is 5.96. The Morgan fingerprint density at radius 2 is 0.264 bits per heavy atom. The molecule has 0 aromatic heterocycles. The second-order valence-electron chi connectivity index (χ2n) is 15.3. The summed E-state index contributed by atoms with van der Waals surface area (Å²) >= 11 is 0. The van der Waals surface area contributed by atoms with E-state index in [1.54, 1.807) is 0 Å². The molecule has 2 spiro atoms. The van der Waals surface area contributed by atoms with Gasteiger partial charge in [-0.3, -0.25) is 0 Å². The second-order valence-corrected chi connectivity index (χ2v) is 15.3. The molecule has 0 aliphatic heterocycles. The van der Waals surface area contributed by atoms with Gasteiger partial charge in [-0.25, -0.2) is 0 Å². The molecule has 4 aliphatic carbocycles. The topological polar surface area (TPSA) is 0 Å². The normalized spacial score (nSPS) is 11.4. The van der Waals surface area contributed by atoms with Gasteiger partial charge in [0.25, 0.3) is 0 Å². The van der Waals surface area contributed by atoms with E-state index in [4.69, 9.17) is 0 Å². The van der Waals surface area contributed by atoms with Crippen LogP contribution in [-0.4, -0.2) is 0 Å². The van der Waals surface area contributed by atoms with Gasteiger partial charge in [-0.05, 0) is 89.0 Å². The average Bonchev–Trinajstić information content (AvgIpc) is 4.17. The van der Waals surface area contributed by atoms with Gasteiger partial charge in [0.05, 0.1) is 10.8 Å². The molecular formula is C72H96. The third kappa shape index (κ3) is 11.8. The van der Waals surface area contributed by atoms with Crippen molar-refractivity contribution < 1.29 is 0 Å². The fraction of sp³-hybridized carbons (Fsp3) is 0.333. The van der Waals surface area contributed by atoms with Crippen LogP contribution in [0.2, 0.25) is 0 Å². The molecular weight excluding hydrogens is 865 g/mol. The first-order valence-corrected chi connectivity index (χ1v) is 28.4. The predicted molar refractivity (Wildman–Crippen MR) is 328 cm³/mol. The van der Waals surface area contributed by atoms with Crippen molar-refractivity contribution in [3.8, 4) is 44.5 Å². The number of hydrogen-bond acceptors (Lipinski definition) is 0. The lowest BCUT2D eigenvalue weighted by Gasteiger charge is -2.30. The Balaban J connectivity index is 0.000000522. The molecule has 0 unspecified atom stereocenters. The van der Waals surface area contributed by atoms with Crippen LogP contribution in [0, 0.1) is 0 Å². The summed E-state index contributed by atoms with van der Waals surface area (Å²) in [5, 5.41) is 0. The highest BCUT2D eigenvalue weighted by atomic mass is 14.5. The lowest BCUT2D eigenvalue weighted by atomic mass is 9.70. The first kappa shape index (κ1) is 63.8. The minimum absolute atomic E-state index is 0.180. The van der Waals surface area contributed by atoms with Crippen molar-refractivity contribution in [1.82, 2.24) is 0 Å². The fourth-order valence-electron chi connectivity index (χ4n) is 10.1. The second kappa shape index (κ2) is 34.2. The first-order chi connectivity index (χ1) is 35.7. The molecule has 0 heterocycles. The average molecular weight is 962 g/mol. The van der Waals surface area contributed by atoms with Gasteiger partial charge >= 0.3 is 0 Å². The van der Waals surface area contributed by atoms with Gasteiger partial charge in [0.2, 0.25) is 0 Å². The molecule has 0 nitrogen and oxygen atoms in total. The number of fused-ring (bicyclic) bond motifs is 20. The standard InChI is InChI=1S/2C25H16.2C3H8.8C2H6/c2*1-5-13-21-17(9-1)18-10-2-6-14-22(18)25(21)23-15-7-3-11-19(23)20-12-4-8-16-24(20)25;2*1-3-2;8*1-2/h2*1-16H;2*3H2,1-2H3;8*1-2H3. The largest absolute Gasteiger partial charge is 0.0725 e. The van der Waals surface area contributed by atoms with Gasteiger partial charge in [0.15, 0.2) is 0 Å². The summed E-state index contributed by atoms with van der Waals surface area (Å²) < 4.78 is 0. The number of benzene rings is 8. The zero-order valence-electron chi connectivity index (χ0n) is 48.9. The van der Waals surface area contributed by atoms with Crippen LogP contribution in [0.25, 0.3) is 44.5 Å². The lowest BCUT2D eigenvalue weighted by Crippen LogP contribution is -2.25. The van der Waals surface area contributed by atoms with Crippen LogP contribution in [0.1, 0.15) is 196 Å². The van der Waals surface area contributed by atoms with Crippen LogP contribution >= 0.6 is 0 Å². The first-order valence-electron chi connectivity index (χ1n) is 28.4. The van der Waals surface area contributed by atoms with Crippen LogP contribution in [0.5, 0.6) is 0 Å². The van der Waals surface area contributed by atoms with E-state index in [0.29, 0.717) is 0 Å². The molecule has 0 radical (unpaired) electrons. The maximum absolute atomic E-state index is 2.31. The highest BCUT2D eigenvalue weighted by Gasteiger charge is 2.52. The summed E-state index contributed by atoms with van der Waals surface area (Å²) in [6.45, 7) is 40.5. The van der Waals surface area contributed by atoms with Crippen molar-refractivity contribution in [2.45, 2.75) is 162 Å². The quantitative estimate of drug-likeness (QED) is 0.142. The molecule has 0 amide bonds. The molecule has 0 saturated carbocycles. The summed E-state index contributed by atoms with van der Waals surface area (Å²) in [5.74, 6) is 0. The van der Waals surface area contributed by atoms with Gasteiger partial charge in [-0.15, -0.1) is 0 Å². The molecule has 384 valence electrons. The molecule has 0 atom stereocenters. The van der Waals surface area contributed by atoms with E-state index in [9.17, 15) is 0 Å². The molecule has 0 heteroatoms. The van der Waals surface area contributed by atoms with Crippen molar-refractivity contribution in [2.75, 3.05) is 0 Å². The van der Waals surface area contributed by atoms with E-state index < -0.39 is 0 Å². The molecule has 0 saturated heterocycles. The minimum atomic E-state index is -0.180. The Morgan fingerprint density at radius 3 is 0.361 bits per heavy atom. The molecule has 72 heavy (non-hydrogen) atoms. The van der Waals surface area contributed by atoms with Crippen LogP contribution in [-0.2, 0) is 10.8 Å². The SMILES string of the molecule is CC.CC.CC.CC.CC.CC.CC.CC.CCC.CCC.c1ccc2c(c1)-c1ccccc1C21c2ccccc2-c2ccccc21.c1ccc2c(c1)-c1ccccc1C21c2ccccc2-c2ccccc21. The van der Waals surface area contributed by atoms with E-state index in [2.05, 4.69) is 222 Å². The Bertz CT molecular complexity index is 2140. The fourth-order valence-corrected chi connectivity index (χ4v) is 10.1. The third-order valence-electron chi connectivity index (χ3n) is 11.8. The Kier molecular flexibility index (Phi) is 30.3. The third-order valence-corrected chi connectivity index (χ3v) is 11.8. The van der Waals surface area contributed by atoms with Crippen LogP contribution < -0.4 is 0 Å². The Hall–Kier alpha value is -6.24. The minimum Gasteiger partial charge on any atom is -0.0683 e. The van der Waals surface area contributed by atoms with Crippen molar-refractivity contribution >= 4 is 0 Å². The number of rotatable bonds is 0. The van der Waals surface area contributed by atoms with Crippen LogP contribution in [0.4, 0.5) is 0 Å². The van der Waals surface area contributed by atoms with Crippen molar-refractivity contribution in [3.05, 3.63) is 239 Å². The van der Waals surface area contributed by atoms with E-state index >= 15 is 0 Å². The maximum atomic E-state index is 2.31. The Labute approximate surface area is 443 Å². The molecule has 0 bridgehead atoms. The lowest BCUT2D eigenvalue weighted by molar-refractivity contribution is 0.794. The van der Waals surface area contributed by atoms with E-state index in [-0.39, 0.29) is 10.8 Å². The highest BCUT2D eigenvalue weighted by Crippen LogP contribution is 2.64.